The molecular formula is C21H32N2O3S. The summed E-state index contributed by atoms with van der Waals surface area (Å²) in [4.78, 5) is 0. The summed E-state index contributed by atoms with van der Waals surface area (Å²) in [6, 6.07) is 10.8. The molecule has 2 N–H and O–H groups in total. The zero-order chi connectivity index (χ0) is 18.7. The Bertz CT molecular complexity index is 697. The van der Waals surface area contributed by atoms with E-state index >= 15 is 0 Å². The molecule has 0 aromatic heterocycles. The van der Waals surface area contributed by atoms with Gasteiger partial charge in [-0.25, -0.2) is 13.1 Å². The van der Waals surface area contributed by atoms with Crippen molar-refractivity contribution in [3.8, 4) is 0 Å². The first kappa shape index (κ1) is 19.4. The van der Waals surface area contributed by atoms with Crippen molar-refractivity contribution in [2.45, 2.75) is 80.7 Å². The monoisotopic (exact) mass is 392 g/mol. The minimum atomic E-state index is -3.15. The Balaban J connectivity index is 1.25. The quantitative estimate of drug-likeness (QED) is 0.749. The summed E-state index contributed by atoms with van der Waals surface area (Å²) in [6.07, 6.45) is 8.34. The van der Waals surface area contributed by atoms with Crippen LogP contribution >= 0.6 is 0 Å². The summed E-state index contributed by atoms with van der Waals surface area (Å²) in [6.45, 7) is 1.54. The van der Waals surface area contributed by atoms with E-state index in [0.717, 1.165) is 45.1 Å². The van der Waals surface area contributed by atoms with Gasteiger partial charge in [-0.15, -0.1) is 0 Å². The van der Waals surface area contributed by atoms with Crippen molar-refractivity contribution in [1.82, 2.24) is 10.0 Å². The summed E-state index contributed by atoms with van der Waals surface area (Å²) >= 11 is 0. The van der Waals surface area contributed by atoms with E-state index in [1.54, 1.807) is 0 Å². The molecule has 5 nitrogen and oxygen atoms in total. The minimum absolute atomic E-state index is 0.0370. The van der Waals surface area contributed by atoms with Crippen molar-refractivity contribution in [3.63, 3.8) is 0 Å². The molecule has 0 unspecified atom stereocenters. The second-order valence-corrected chi connectivity index (χ2v) is 10.4. The second kappa shape index (κ2) is 8.60. The number of nitrogens with one attached hydrogen (secondary N) is 2. The maximum Gasteiger partial charge on any atom is 0.214 e. The minimum Gasteiger partial charge on any atom is -0.377 e. The summed E-state index contributed by atoms with van der Waals surface area (Å²) < 4.78 is 33.8. The van der Waals surface area contributed by atoms with Crippen LogP contribution in [-0.4, -0.2) is 45.0 Å². The summed E-state index contributed by atoms with van der Waals surface area (Å²) in [5.74, 6) is 0.650. The Hall–Kier alpha value is -0.950. The first-order valence-electron chi connectivity index (χ1n) is 10.5. The molecule has 27 heavy (non-hydrogen) atoms. The van der Waals surface area contributed by atoms with Gasteiger partial charge in [0.15, 0.2) is 0 Å². The van der Waals surface area contributed by atoms with E-state index in [9.17, 15) is 8.42 Å². The topological polar surface area (TPSA) is 67.4 Å². The summed E-state index contributed by atoms with van der Waals surface area (Å²) in [5.41, 5.74) is 1.44. The van der Waals surface area contributed by atoms with Crippen LogP contribution < -0.4 is 10.0 Å². The van der Waals surface area contributed by atoms with Crippen LogP contribution in [0.4, 0.5) is 0 Å². The number of piperidine rings is 1. The number of hydrogen-bond acceptors (Lipinski definition) is 4. The smallest absolute Gasteiger partial charge is 0.214 e. The molecule has 150 valence electrons. The lowest BCUT2D eigenvalue weighted by Crippen LogP contribution is -2.56. The van der Waals surface area contributed by atoms with Crippen LogP contribution in [0.25, 0.3) is 0 Å². The molecule has 2 saturated carbocycles. The van der Waals surface area contributed by atoms with Crippen LogP contribution in [0.15, 0.2) is 30.3 Å². The summed E-state index contributed by atoms with van der Waals surface area (Å²) in [7, 11) is -3.15. The van der Waals surface area contributed by atoms with Gasteiger partial charge in [0.05, 0.1) is 18.0 Å². The lowest BCUT2D eigenvalue weighted by Gasteiger charge is -2.35. The van der Waals surface area contributed by atoms with Crippen molar-refractivity contribution in [2.75, 3.05) is 13.2 Å². The normalized spacial score (nSPS) is 32.3. The standard InChI is InChI=1S/C21H32N2O3S/c24-27(25,19-12-13-19)23-20-7-4-14-22-21(20)15-26-18-10-8-17(9-11-18)16-5-2-1-3-6-16/h1-3,5-6,17-23H,4,7-15H2/t17?,18?,20-,21-/m0/s1. The fourth-order valence-electron chi connectivity index (χ4n) is 4.48. The lowest BCUT2D eigenvalue weighted by molar-refractivity contribution is 0.00522. The number of ether oxygens (including phenoxy) is 1. The van der Waals surface area contributed by atoms with Gasteiger partial charge in [-0.05, 0) is 69.4 Å². The van der Waals surface area contributed by atoms with E-state index < -0.39 is 10.0 Å². The Morgan fingerprint density at radius 3 is 2.44 bits per heavy atom. The van der Waals surface area contributed by atoms with Gasteiger partial charge in [-0.2, -0.15) is 0 Å². The van der Waals surface area contributed by atoms with E-state index in [2.05, 4.69) is 40.4 Å². The first-order valence-corrected chi connectivity index (χ1v) is 12.1. The van der Waals surface area contributed by atoms with Crippen LogP contribution in [0, 0.1) is 0 Å². The predicted molar refractivity (Wildman–Crippen MR) is 107 cm³/mol. The van der Waals surface area contributed by atoms with E-state index in [-0.39, 0.29) is 17.3 Å². The zero-order valence-corrected chi connectivity index (χ0v) is 16.8. The zero-order valence-electron chi connectivity index (χ0n) is 16.0. The molecule has 4 rings (SSSR count). The molecule has 6 heteroatoms. The third-order valence-corrected chi connectivity index (χ3v) is 8.30. The van der Waals surface area contributed by atoms with Gasteiger partial charge in [0.2, 0.25) is 10.0 Å². The highest BCUT2D eigenvalue weighted by atomic mass is 32.2. The molecule has 1 aromatic rings. The molecule has 1 heterocycles. The van der Waals surface area contributed by atoms with Crippen molar-refractivity contribution < 1.29 is 13.2 Å². The molecule has 3 fully saturated rings. The largest absolute Gasteiger partial charge is 0.377 e. The highest BCUT2D eigenvalue weighted by Crippen LogP contribution is 2.34. The van der Waals surface area contributed by atoms with Crippen LogP contribution in [0.3, 0.4) is 0 Å². The first-order chi connectivity index (χ1) is 13.1. The Morgan fingerprint density at radius 1 is 1.00 bits per heavy atom. The van der Waals surface area contributed by atoms with E-state index in [0.29, 0.717) is 18.6 Å². The summed E-state index contributed by atoms with van der Waals surface area (Å²) in [5, 5.41) is 3.32. The van der Waals surface area contributed by atoms with Gasteiger partial charge >= 0.3 is 0 Å². The Labute approximate surface area is 163 Å². The molecule has 3 aliphatic rings. The maximum absolute atomic E-state index is 12.3. The van der Waals surface area contributed by atoms with Crippen LogP contribution in [0.5, 0.6) is 0 Å². The average Bonchev–Trinajstić information content (AvgIpc) is 3.54. The fourth-order valence-corrected chi connectivity index (χ4v) is 6.14. The number of benzene rings is 1. The molecule has 1 aliphatic heterocycles. The van der Waals surface area contributed by atoms with Crippen LogP contribution in [0.2, 0.25) is 0 Å². The van der Waals surface area contributed by atoms with Gasteiger partial charge in [-0.1, -0.05) is 30.3 Å². The van der Waals surface area contributed by atoms with E-state index in [1.807, 2.05) is 0 Å². The van der Waals surface area contributed by atoms with Gasteiger partial charge in [-0.3, -0.25) is 0 Å². The lowest BCUT2D eigenvalue weighted by atomic mass is 9.83. The molecule has 1 saturated heterocycles. The molecule has 1 aromatic carbocycles. The third-order valence-electron chi connectivity index (χ3n) is 6.32. The molecule has 2 atom stereocenters. The predicted octanol–water partition coefficient (Wildman–Crippen LogP) is 2.93. The highest BCUT2D eigenvalue weighted by Gasteiger charge is 2.39. The molecular weight excluding hydrogens is 360 g/mol. The molecule has 0 amide bonds. The second-order valence-electron chi connectivity index (χ2n) is 8.39. The number of sulfonamides is 1. The third kappa shape index (κ3) is 5.11. The van der Waals surface area contributed by atoms with Crippen molar-refractivity contribution in [3.05, 3.63) is 35.9 Å². The van der Waals surface area contributed by atoms with Crippen LogP contribution in [0.1, 0.15) is 62.8 Å². The van der Waals surface area contributed by atoms with E-state index in [4.69, 9.17) is 4.74 Å². The van der Waals surface area contributed by atoms with Crippen molar-refractivity contribution in [2.24, 2.45) is 0 Å². The van der Waals surface area contributed by atoms with E-state index in [1.165, 1.54) is 18.4 Å². The molecule has 2 aliphatic carbocycles. The average molecular weight is 393 g/mol. The maximum atomic E-state index is 12.3. The van der Waals surface area contributed by atoms with Gasteiger partial charge in [0.25, 0.3) is 0 Å². The van der Waals surface area contributed by atoms with Crippen molar-refractivity contribution in [1.29, 1.82) is 0 Å². The number of rotatable bonds is 7. The molecule has 0 radical (unpaired) electrons. The SMILES string of the molecule is O=S(=O)(N[C@H]1CCCN[C@H]1COC1CCC(c2ccccc2)CC1)C1CC1. The molecule has 0 bridgehead atoms. The number of hydrogen-bond donors (Lipinski definition) is 2. The Morgan fingerprint density at radius 2 is 1.74 bits per heavy atom. The molecule has 0 spiro atoms. The van der Waals surface area contributed by atoms with Gasteiger partial charge in [0, 0.05) is 12.1 Å². The van der Waals surface area contributed by atoms with Gasteiger partial charge < -0.3 is 10.1 Å². The fraction of sp³-hybridized carbons (Fsp3) is 0.714. The Kier molecular flexibility index (Phi) is 6.17. The van der Waals surface area contributed by atoms with Gasteiger partial charge in [0.1, 0.15) is 0 Å². The van der Waals surface area contributed by atoms with Crippen LogP contribution in [-0.2, 0) is 14.8 Å². The van der Waals surface area contributed by atoms with Crippen molar-refractivity contribution >= 4 is 10.0 Å². The highest BCUT2D eigenvalue weighted by molar-refractivity contribution is 7.90.